The van der Waals surface area contributed by atoms with Crippen LogP contribution in [0.25, 0.3) is 11.5 Å². The van der Waals surface area contributed by atoms with E-state index < -0.39 is 9.84 Å². The highest BCUT2D eigenvalue weighted by Crippen LogP contribution is 2.34. The van der Waals surface area contributed by atoms with Crippen LogP contribution in [0.1, 0.15) is 0 Å². The highest BCUT2D eigenvalue weighted by atomic mass is 79.9. The molecule has 30 heavy (non-hydrogen) atoms. The summed E-state index contributed by atoms with van der Waals surface area (Å²) in [6, 6.07) is 22.6. The summed E-state index contributed by atoms with van der Waals surface area (Å²) in [6.45, 7) is 0. The van der Waals surface area contributed by atoms with E-state index >= 15 is 0 Å². The maximum atomic E-state index is 13.3. The van der Waals surface area contributed by atoms with E-state index in [1.807, 2.05) is 18.2 Å². The second-order valence-corrected chi connectivity index (χ2v) is 9.11. The van der Waals surface area contributed by atoms with Gasteiger partial charge in [0.2, 0.25) is 26.6 Å². The van der Waals surface area contributed by atoms with Crippen molar-refractivity contribution in [1.82, 2.24) is 4.98 Å². The maximum Gasteiger partial charge on any atom is 0.238 e. The molecule has 0 aliphatic rings. The number of benzene rings is 3. The van der Waals surface area contributed by atoms with Crippen LogP contribution in [0.5, 0.6) is 5.75 Å². The summed E-state index contributed by atoms with van der Waals surface area (Å²) in [6.07, 6.45) is 0. The summed E-state index contributed by atoms with van der Waals surface area (Å²) in [7, 11) is -2.37. The SMILES string of the molecule is COc1cccc(Nc2oc(-c3ccccc3)nc2S(=O)(=O)c2ccc(Br)cc2)c1. The number of nitrogens with one attached hydrogen (secondary N) is 1. The molecule has 0 saturated heterocycles. The van der Waals surface area contributed by atoms with Crippen molar-refractivity contribution in [2.75, 3.05) is 12.4 Å². The molecule has 4 aromatic rings. The molecule has 152 valence electrons. The second kappa shape index (κ2) is 8.33. The normalized spacial score (nSPS) is 11.3. The molecule has 0 atom stereocenters. The minimum atomic E-state index is -3.93. The molecule has 0 aliphatic heterocycles. The molecule has 6 nitrogen and oxygen atoms in total. The summed E-state index contributed by atoms with van der Waals surface area (Å²) in [4.78, 5) is 4.45. The number of hydrogen-bond donors (Lipinski definition) is 1. The number of halogens is 1. The molecular weight excluding hydrogens is 468 g/mol. The van der Waals surface area contributed by atoms with Gasteiger partial charge in [-0.1, -0.05) is 40.2 Å². The molecule has 0 aliphatic carbocycles. The van der Waals surface area contributed by atoms with Crippen molar-refractivity contribution in [1.29, 1.82) is 0 Å². The van der Waals surface area contributed by atoms with Gasteiger partial charge in [0.25, 0.3) is 0 Å². The summed E-state index contributed by atoms with van der Waals surface area (Å²) < 4.78 is 38.5. The van der Waals surface area contributed by atoms with Gasteiger partial charge in [-0.05, 0) is 48.5 Å². The lowest BCUT2D eigenvalue weighted by atomic mass is 10.2. The molecule has 0 radical (unpaired) electrons. The fraction of sp³-hybridized carbons (Fsp3) is 0.0455. The van der Waals surface area contributed by atoms with Crippen molar-refractivity contribution in [2.24, 2.45) is 0 Å². The topological polar surface area (TPSA) is 81.4 Å². The Hall–Kier alpha value is -3.10. The number of rotatable bonds is 6. The minimum Gasteiger partial charge on any atom is -0.497 e. The molecule has 3 aromatic carbocycles. The second-order valence-electron chi connectivity index (χ2n) is 6.33. The van der Waals surface area contributed by atoms with Crippen LogP contribution < -0.4 is 10.1 Å². The number of aromatic nitrogens is 1. The Morgan fingerprint density at radius 1 is 0.967 bits per heavy atom. The van der Waals surface area contributed by atoms with E-state index in [1.54, 1.807) is 55.6 Å². The molecule has 0 saturated carbocycles. The molecule has 0 fully saturated rings. The lowest BCUT2D eigenvalue weighted by molar-refractivity contribution is 0.415. The number of oxazole rings is 1. The van der Waals surface area contributed by atoms with Crippen LogP contribution in [-0.4, -0.2) is 20.5 Å². The molecule has 8 heteroatoms. The van der Waals surface area contributed by atoms with Gasteiger partial charge in [0.1, 0.15) is 5.75 Å². The third-order valence-corrected chi connectivity index (χ3v) is 6.53. The average molecular weight is 485 g/mol. The van der Waals surface area contributed by atoms with Gasteiger partial charge in [0.15, 0.2) is 0 Å². The predicted octanol–water partition coefficient (Wildman–Crippen LogP) is 5.69. The van der Waals surface area contributed by atoms with Crippen LogP contribution in [0.4, 0.5) is 11.6 Å². The summed E-state index contributed by atoms with van der Waals surface area (Å²) in [5.41, 5.74) is 1.28. The van der Waals surface area contributed by atoms with E-state index in [0.29, 0.717) is 17.0 Å². The predicted molar refractivity (Wildman–Crippen MR) is 118 cm³/mol. The van der Waals surface area contributed by atoms with E-state index in [-0.39, 0.29) is 21.7 Å². The van der Waals surface area contributed by atoms with Gasteiger partial charge in [0, 0.05) is 21.8 Å². The first-order valence-electron chi connectivity index (χ1n) is 8.95. The zero-order valence-electron chi connectivity index (χ0n) is 15.9. The van der Waals surface area contributed by atoms with Crippen molar-refractivity contribution in [3.8, 4) is 17.2 Å². The Balaban J connectivity index is 1.83. The van der Waals surface area contributed by atoms with E-state index in [4.69, 9.17) is 9.15 Å². The van der Waals surface area contributed by atoms with Crippen molar-refractivity contribution in [3.63, 3.8) is 0 Å². The first kappa shape index (κ1) is 20.2. The van der Waals surface area contributed by atoms with Crippen LogP contribution >= 0.6 is 15.9 Å². The maximum absolute atomic E-state index is 13.3. The highest BCUT2D eigenvalue weighted by molar-refractivity contribution is 9.10. The fourth-order valence-corrected chi connectivity index (χ4v) is 4.35. The smallest absolute Gasteiger partial charge is 0.238 e. The van der Waals surface area contributed by atoms with Crippen LogP contribution in [0.3, 0.4) is 0 Å². The molecule has 4 rings (SSSR count). The molecular formula is C22H17BrN2O4S. The quantitative estimate of drug-likeness (QED) is 0.378. The van der Waals surface area contributed by atoms with Crippen molar-refractivity contribution in [2.45, 2.75) is 9.92 Å². The minimum absolute atomic E-state index is 0.0324. The Kier molecular flexibility index (Phi) is 5.61. The number of ether oxygens (including phenoxy) is 1. The number of nitrogens with zero attached hydrogens (tertiary/aromatic N) is 1. The molecule has 0 unspecified atom stereocenters. The number of anilines is 2. The van der Waals surface area contributed by atoms with E-state index in [9.17, 15) is 8.42 Å². The number of sulfone groups is 1. The standard InChI is InChI=1S/C22H17BrN2O4S/c1-28-18-9-5-8-17(14-18)24-21-22(25-20(29-21)15-6-3-2-4-7-15)30(26,27)19-12-10-16(23)11-13-19/h2-14,24H,1H3. The van der Waals surface area contributed by atoms with Crippen molar-refractivity contribution in [3.05, 3.63) is 83.3 Å². The molecule has 0 spiro atoms. The van der Waals surface area contributed by atoms with Gasteiger partial charge in [-0.15, -0.1) is 0 Å². The molecule has 0 bridgehead atoms. The van der Waals surface area contributed by atoms with Gasteiger partial charge < -0.3 is 14.5 Å². The lowest BCUT2D eigenvalue weighted by Gasteiger charge is -2.07. The van der Waals surface area contributed by atoms with Crippen LogP contribution in [0.2, 0.25) is 0 Å². The Morgan fingerprint density at radius 3 is 2.40 bits per heavy atom. The average Bonchev–Trinajstić information content (AvgIpc) is 3.19. The Morgan fingerprint density at radius 2 is 1.70 bits per heavy atom. The van der Waals surface area contributed by atoms with Gasteiger partial charge in [0.05, 0.1) is 12.0 Å². The largest absolute Gasteiger partial charge is 0.497 e. The molecule has 1 heterocycles. The third kappa shape index (κ3) is 4.10. The Labute approximate surface area is 182 Å². The summed E-state index contributed by atoms with van der Waals surface area (Å²) in [5.74, 6) is 0.863. The summed E-state index contributed by atoms with van der Waals surface area (Å²) >= 11 is 3.32. The lowest BCUT2D eigenvalue weighted by Crippen LogP contribution is -2.05. The monoisotopic (exact) mass is 484 g/mol. The first-order chi connectivity index (χ1) is 14.5. The van der Waals surface area contributed by atoms with E-state index in [2.05, 4.69) is 26.2 Å². The van der Waals surface area contributed by atoms with Crippen molar-refractivity contribution < 1.29 is 17.6 Å². The fourth-order valence-electron chi connectivity index (χ4n) is 2.83. The zero-order valence-corrected chi connectivity index (χ0v) is 18.3. The number of hydrogen-bond acceptors (Lipinski definition) is 6. The number of methoxy groups -OCH3 is 1. The molecule has 0 amide bonds. The van der Waals surface area contributed by atoms with Crippen LogP contribution in [0.15, 0.2) is 97.7 Å². The Bertz CT molecular complexity index is 1270. The van der Waals surface area contributed by atoms with Gasteiger partial charge in [-0.3, -0.25) is 0 Å². The van der Waals surface area contributed by atoms with Gasteiger partial charge in [-0.2, -0.15) is 4.98 Å². The third-order valence-electron chi connectivity index (χ3n) is 4.32. The molecule has 1 aromatic heterocycles. The zero-order chi connectivity index (χ0) is 21.1. The van der Waals surface area contributed by atoms with Gasteiger partial charge in [-0.25, -0.2) is 8.42 Å². The first-order valence-corrected chi connectivity index (χ1v) is 11.2. The van der Waals surface area contributed by atoms with E-state index in [1.165, 1.54) is 12.1 Å². The highest BCUT2D eigenvalue weighted by Gasteiger charge is 2.28. The van der Waals surface area contributed by atoms with E-state index in [0.717, 1.165) is 4.47 Å². The summed E-state index contributed by atoms with van der Waals surface area (Å²) in [5, 5.41) is 2.84. The van der Waals surface area contributed by atoms with Crippen LogP contribution in [0, 0.1) is 0 Å². The molecule has 1 N–H and O–H groups in total. The van der Waals surface area contributed by atoms with Gasteiger partial charge >= 0.3 is 0 Å². The van der Waals surface area contributed by atoms with Crippen molar-refractivity contribution >= 4 is 37.3 Å². The van der Waals surface area contributed by atoms with Crippen LogP contribution in [-0.2, 0) is 9.84 Å².